The van der Waals surface area contributed by atoms with Crippen molar-refractivity contribution in [3.8, 4) is 0 Å². The van der Waals surface area contributed by atoms with Gasteiger partial charge in [0.1, 0.15) is 0 Å². The summed E-state index contributed by atoms with van der Waals surface area (Å²) in [6, 6.07) is 0. The van der Waals surface area contributed by atoms with Crippen LogP contribution in [0.1, 0.15) is 0 Å². The van der Waals surface area contributed by atoms with E-state index in [0.29, 0.717) is 0 Å². The Morgan fingerprint density at radius 1 is 1.00 bits per heavy atom. The predicted molar refractivity (Wildman–Crippen MR) is 35.1 cm³/mol. The Bertz CT molecular complexity index is 37.9. The minimum atomic E-state index is -1.83. The van der Waals surface area contributed by atoms with Crippen molar-refractivity contribution in [1.29, 1.82) is 0 Å². The molecule has 0 aliphatic rings. The second-order valence-corrected chi connectivity index (χ2v) is 0.283. The van der Waals surface area contributed by atoms with Gasteiger partial charge >= 0.3 is 57.5 Å². The van der Waals surface area contributed by atoms with Gasteiger partial charge in [-0.05, 0) is 0 Å². The third-order valence-electron chi connectivity index (χ3n) is 0. The van der Waals surface area contributed by atoms with Gasteiger partial charge in [-0.1, -0.05) is 0 Å². The van der Waals surface area contributed by atoms with Crippen LogP contribution in [0.4, 0.5) is 4.79 Å². The standard InChI is InChI=1S/CH2O3.K.2H3N.2H2O.H/c2-1(3)4;;;;;;/h(H2,2,3,4);;2*1H3;2*1H2;. The van der Waals surface area contributed by atoms with E-state index < -0.39 is 6.16 Å². The van der Waals surface area contributed by atoms with Crippen LogP contribution in [0, 0.1) is 0 Å². The summed E-state index contributed by atoms with van der Waals surface area (Å²) in [6.45, 7) is 0. The zero-order valence-corrected chi connectivity index (χ0v) is 4.22. The quantitative estimate of drug-likeness (QED) is 0.314. The Labute approximate surface area is 94.6 Å². The van der Waals surface area contributed by atoms with Crippen LogP contribution in [-0.2, 0) is 0 Å². The van der Waals surface area contributed by atoms with Crippen molar-refractivity contribution >= 4 is 57.5 Å². The predicted octanol–water partition coefficient (Wildman–Crippen LogP) is -1.75. The van der Waals surface area contributed by atoms with E-state index in [9.17, 15) is 0 Å². The number of carboxylic acid groups (broad SMARTS) is 2. The average molecular weight is 172 g/mol. The van der Waals surface area contributed by atoms with Gasteiger partial charge in [-0.15, -0.1) is 0 Å². The van der Waals surface area contributed by atoms with Crippen LogP contribution in [0.3, 0.4) is 0 Å². The van der Waals surface area contributed by atoms with Gasteiger partial charge in [-0.2, -0.15) is 0 Å². The van der Waals surface area contributed by atoms with Crippen LogP contribution in [0.25, 0.3) is 0 Å². The molecule has 0 rings (SSSR count). The van der Waals surface area contributed by atoms with Gasteiger partial charge in [0.2, 0.25) is 0 Å². The average Bonchev–Trinajstić information content (AvgIpc) is 0.811. The number of hydrogen-bond acceptors (Lipinski definition) is 3. The minimum absolute atomic E-state index is 0. The molecule has 0 aromatic rings. The van der Waals surface area contributed by atoms with Crippen LogP contribution >= 0.6 is 0 Å². The number of rotatable bonds is 0. The van der Waals surface area contributed by atoms with Gasteiger partial charge in [0, 0.05) is 0 Å². The van der Waals surface area contributed by atoms with E-state index in [2.05, 4.69) is 0 Å². The van der Waals surface area contributed by atoms with Gasteiger partial charge < -0.3 is 33.5 Å². The van der Waals surface area contributed by atoms with Crippen LogP contribution < -0.4 is 12.3 Å². The topological polar surface area (TPSA) is 191 Å². The molecule has 0 aliphatic heterocycles. The van der Waals surface area contributed by atoms with Crippen molar-refractivity contribution in [2.24, 2.45) is 0 Å². The first-order chi connectivity index (χ1) is 1.73. The maximum atomic E-state index is 8.56. The van der Waals surface area contributed by atoms with Gasteiger partial charge in [0.05, 0.1) is 0 Å². The van der Waals surface area contributed by atoms with Crippen LogP contribution in [0.5, 0.6) is 0 Å². The molecule has 58 valence electrons. The molecule has 0 aliphatic carbocycles. The normalized spacial score (nSPS) is 2.67. The SMILES string of the molecule is N.N.O.O.O=C(O)O.[KH]. The van der Waals surface area contributed by atoms with E-state index in [1.54, 1.807) is 0 Å². The molecule has 8 heteroatoms. The molecular weight excluding hydrogens is 159 g/mol. The Morgan fingerprint density at radius 2 is 1.00 bits per heavy atom. The molecule has 0 aromatic carbocycles. The number of hydrogen-bond donors (Lipinski definition) is 4. The zero-order chi connectivity index (χ0) is 3.58. The van der Waals surface area contributed by atoms with Crippen molar-refractivity contribution < 1.29 is 26.0 Å². The molecule has 0 aromatic heterocycles. The Kier molecular flexibility index (Phi) is 221. The molecule has 0 bridgehead atoms. The molecule has 0 unspecified atom stereocenters. The van der Waals surface area contributed by atoms with Crippen LogP contribution in [0.2, 0.25) is 0 Å². The second-order valence-electron chi connectivity index (χ2n) is 0.283. The van der Waals surface area contributed by atoms with E-state index in [0.717, 1.165) is 0 Å². The summed E-state index contributed by atoms with van der Waals surface area (Å²) < 4.78 is 0. The first-order valence-electron chi connectivity index (χ1n) is 0.651. The fourth-order valence-corrected chi connectivity index (χ4v) is 0. The molecule has 0 atom stereocenters. The summed E-state index contributed by atoms with van der Waals surface area (Å²) in [6.07, 6.45) is -1.83. The monoisotopic (exact) mass is 172 g/mol. The molecule has 7 nitrogen and oxygen atoms in total. The van der Waals surface area contributed by atoms with Crippen LogP contribution in [0.15, 0.2) is 0 Å². The van der Waals surface area contributed by atoms with Crippen molar-refractivity contribution in [2.45, 2.75) is 0 Å². The summed E-state index contributed by atoms with van der Waals surface area (Å²) in [5, 5.41) is 13.9. The first-order valence-corrected chi connectivity index (χ1v) is 0.651. The molecule has 0 heterocycles. The van der Waals surface area contributed by atoms with E-state index in [-0.39, 0.29) is 74.6 Å². The van der Waals surface area contributed by atoms with Gasteiger partial charge in [-0.3, -0.25) is 0 Å². The summed E-state index contributed by atoms with van der Waals surface area (Å²) in [5.74, 6) is 0. The maximum absolute atomic E-state index is 8.56. The van der Waals surface area contributed by atoms with Crippen molar-refractivity contribution in [2.75, 3.05) is 0 Å². The van der Waals surface area contributed by atoms with E-state index in [1.165, 1.54) is 0 Å². The fourth-order valence-electron chi connectivity index (χ4n) is 0. The summed E-state index contributed by atoms with van der Waals surface area (Å²) in [5.41, 5.74) is 0. The van der Waals surface area contributed by atoms with E-state index in [4.69, 9.17) is 15.0 Å². The third-order valence-corrected chi connectivity index (χ3v) is 0. The van der Waals surface area contributed by atoms with Crippen LogP contribution in [-0.4, -0.2) is 78.7 Å². The van der Waals surface area contributed by atoms with E-state index >= 15 is 0 Å². The molecule has 0 fully saturated rings. The Hall–Kier alpha value is 0.746. The molecular formula is CH13KN2O5. The molecule has 0 spiro atoms. The second kappa shape index (κ2) is 37.4. The van der Waals surface area contributed by atoms with Gasteiger partial charge in [0.15, 0.2) is 0 Å². The first kappa shape index (κ1) is 53.1. The van der Waals surface area contributed by atoms with Crippen molar-refractivity contribution in [3.05, 3.63) is 0 Å². The van der Waals surface area contributed by atoms with Gasteiger partial charge in [-0.25, -0.2) is 4.79 Å². The molecule has 9 heavy (non-hydrogen) atoms. The molecule has 0 radical (unpaired) electrons. The summed E-state index contributed by atoms with van der Waals surface area (Å²) in [7, 11) is 0. The molecule has 0 saturated carbocycles. The van der Waals surface area contributed by atoms with E-state index in [1.807, 2.05) is 0 Å². The summed E-state index contributed by atoms with van der Waals surface area (Å²) >= 11 is 0. The third kappa shape index (κ3) is 715. The number of carbonyl (C=O) groups is 1. The molecule has 12 N–H and O–H groups in total. The summed E-state index contributed by atoms with van der Waals surface area (Å²) in [4.78, 5) is 8.56. The fraction of sp³-hybridized carbons (Fsp3) is 0. The van der Waals surface area contributed by atoms with Crippen molar-refractivity contribution in [1.82, 2.24) is 12.3 Å². The molecule has 0 amide bonds. The zero-order valence-electron chi connectivity index (χ0n) is 4.22. The Balaban J connectivity index is -0.00000000450. The Morgan fingerprint density at radius 3 is 1.00 bits per heavy atom. The molecule has 0 saturated heterocycles. The van der Waals surface area contributed by atoms with Crippen molar-refractivity contribution in [3.63, 3.8) is 0 Å². The van der Waals surface area contributed by atoms with Gasteiger partial charge in [0.25, 0.3) is 0 Å².